The van der Waals surface area contributed by atoms with Gasteiger partial charge >= 0.3 is 5.95 Å². The molecule has 8 heteroatoms. The van der Waals surface area contributed by atoms with Crippen LogP contribution in [0.2, 0.25) is 0 Å². The summed E-state index contributed by atoms with van der Waals surface area (Å²) in [7, 11) is 0. The molecule has 0 fully saturated rings. The van der Waals surface area contributed by atoms with Crippen LogP contribution in [-0.4, -0.2) is 25.7 Å². The van der Waals surface area contributed by atoms with Crippen LogP contribution in [0.15, 0.2) is 0 Å². The minimum Gasteiger partial charge on any atom is -0.234 e. The van der Waals surface area contributed by atoms with Gasteiger partial charge in [-0.2, -0.15) is 0 Å². The van der Waals surface area contributed by atoms with E-state index in [2.05, 4.69) is 20.6 Å². The van der Waals surface area contributed by atoms with Gasteiger partial charge in [0.25, 0.3) is 0 Å². The van der Waals surface area contributed by atoms with Gasteiger partial charge in [0.15, 0.2) is 5.03 Å². The number of H-pyrrole nitrogens is 1. The highest BCUT2D eigenvalue weighted by Crippen LogP contribution is 1.86. The normalized spacial score (nSPS) is 8.89. The Hall–Kier alpha value is -1.73. The number of hydrogen-bond donors (Lipinski definition) is 2. The molecule has 0 unspecified atom stereocenters. The zero-order valence-electron chi connectivity index (χ0n) is 4.11. The second-order valence-corrected chi connectivity index (χ2v) is 1.12. The van der Waals surface area contributed by atoms with Crippen molar-refractivity contribution >= 4 is 5.95 Å². The standard InChI is InChI=1S/CH2N6O2/c8-7(9)4-1-2-5-6-3-1/h(H2,2,3,4,5,6). The predicted molar refractivity (Wildman–Crippen MR) is 24.8 cm³/mol. The number of nitrogens with zero attached hydrogens (tertiary/aromatic N) is 4. The summed E-state index contributed by atoms with van der Waals surface area (Å²) < 4.78 is 0. The van der Waals surface area contributed by atoms with Crippen LogP contribution in [0.1, 0.15) is 0 Å². The molecule has 0 aliphatic rings. The Morgan fingerprint density at radius 3 is 3.00 bits per heavy atom. The smallest absolute Gasteiger partial charge is 0.234 e. The number of nitrogens with one attached hydrogen (secondary N) is 2. The van der Waals surface area contributed by atoms with Gasteiger partial charge in [0, 0.05) is 0 Å². The van der Waals surface area contributed by atoms with Crippen LogP contribution in [0.25, 0.3) is 0 Å². The number of hydrogen-bond acceptors (Lipinski definition) is 5. The molecule has 0 saturated carbocycles. The maximum absolute atomic E-state index is 9.65. The molecule has 0 radical (unpaired) electrons. The van der Waals surface area contributed by atoms with Crippen LogP contribution in [0.4, 0.5) is 5.95 Å². The molecule has 9 heavy (non-hydrogen) atoms. The SMILES string of the molecule is O=[N+]([O-])Nc1nnn[nH]1. The van der Waals surface area contributed by atoms with Crippen molar-refractivity contribution in [1.29, 1.82) is 0 Å². The minimum absolute atomic E-state index is 0.0833. The first-order valence-electron chi connectivity index (χ1n) is 1.94. The molecular formula is CH2N6O2. The molecule has 1 heterocycles. The zero-order valence-corrected chi connectivity index (χ0v) is 4.11. The summed E-state index contributed by atoms with van der Waals surface area (Å²) in [4.78, 5) is 9.65. The van der Waals surface area contributed by atoms with E-state index in [1.54, 1.807) is 5.43 Å². The molecule has 2 N–H and O–H groups in total. The summed E-state index contributed by atoms with van der Waals surface area (Å²) >= 11 is 0. The van der Waals surface area contributed by atoms with E-state index < -0.39 is 5.03 Å². The lowest BCUT2D eigenvalue weighted by atomic mass is 11.1. The van der Waals surface area contributed by atoms with Crippen LogP contribution in [-0.2, 0) is 0 Å². The van der Waals surface area contributed by atoms with E-state index >= 15 is 0 Å². The molecule has 1 aromatic rings. The Morgan fingerprint density at radius 1 is 1.78 bits per heavy atom. The topological polar surface area (TPSA) is 110 Å². The summed E-state index contributed by atoms with van der Waals surface area (Å²) in [6.45, 7) is 0. The maximum atomic E-state index is 9.65. The lowest BCUT2D eigenvalue weighted by Gasteiger charge is -1.84. The molecular weight excluding hydrogens is 128 g/mol. The Kier molecular flexibility index (Phi) is 1.22. The van der Waals surface area contributed by atoms with Gasteiger partial charge in [-0.1, -0.05) is 10.5 Å². The van der Waals surface area contributed by atoms with Crippen LogP contribution < -0.4 is 5.43 Å². The number of tetrazole rings is 1. The molecule has 0 bridgehead atoms. The van der Waals surface area contributed by atoms with Gasteiger partial charge in [-0.05, 0) is 10.4 Å². The third-order valence-corrected chi connectivity index (χ3v) is 0.543. The number of aromatic nitrogens is 4. The highest BCUT2D eigenvalue weighted by molar-refractivity contribution is 5.12. The number of nitro groups is 1. The van der Waals surface area contributed by atoms with Crippen LogP contribution in [0.3, 0.4) is 0 Å². The van der Waals surface area contributed by atoms with Crippen LogP contribution in [0.5, 0.6) is 0 Å². The number of hydrazine groups is 1. The summed E-state index contributed by atoms with van der Waals surface area (Å²) in [5, 5.41) is 20.4. The average Bonchev–Trinajstić information content (AvgIpc) is 2.15. The number of aromatic amines is 1. The molecule has 48 valence electrons. The predicted octanol–water partition coefficient (Wildman–Crippen LogP) is -1.20. The monoisotopic (exact) mass is 130 g/mol. The third kappa shape index (κ3) is 1.33. The van der Waals surface area contributed by atoms with E-state index in [-0.39, 0.29) is 5.95 Å². The van der Waals surface area contributed by atoms with E-state index in [0.717, 1.165) is 0 Å². The zero-order chi connectivity index (χ0) is 6.69. The molecule has 0 saturated heterocycles. The molecule has 0 aliphatic carbocycles. The van der Waals surface area contributed by atoms with E-state index in [4.69, 9.17) is 0 Å². The van der Waals surface area contributed by atoms with Crippen molar-refractivity contribution in [3.8, 4) is 0 Å². The lowest BCUT2D eigenvalue weighted by Crippen LogP contribution is -2.08. The number of anilines is 1. The second-order valence-electron chi connectivity index (χ2n) is 1.12. The van der Waals surface area contributed by atoms with Gasteiger partial charge in [-0.15, -0.1) is 0 Å². The van der Waals surface area contributed by atoms with Crippen molar-refractivity contribution in [2.45, 2.75) is 0 Å². The molecule has 0 atom stereocenters. The minimum atomic E-state index is -0.762. The lowest BCUT2D eigenvalue weighted by molar-refractivity contribution is -0.446. The molecule has 0 spiro atoms. The quantitative estimate of drug-likeness (QED) is 0.384. The number of rotatable bonds is 2. The highest BCUT2D eigenvalue weighted by atomic mass is 16.7. The highest BCUT2D eigenvalue weighted by Gasteiger charge is 1.99. The van der Waals surface area contributed by atoms with Crippen molar-refractivity contribution in [3.63, 3.8) is 0 Å². The Balaban J connectivity index is 2.58. The fraction of sp³-hybridized carbons (Fsp3) is 0. The van der Waals surface area contributed by atoms with Gasteiger partial charge in [0.1, 0.15) is 0 Å². The second kappa shape index (κ2) is 2.03. The third-order valence-electron chi connectivity index (χ3n) is 0.543. The maximum Gasteiger partial charge on any atom is 0.301 e. The molecule has 0 aliphatic heterocycles. The Morgan fingerprint density at radius 2 is 2.56 bits per heavy atom. The van der Waals surface area contributed by atoms with Crippen LogP contribution in [0, 0.1) is 10.1 Å². The van der Waals surface area contributed by atoms with Gasteiger partial charge in [0.05, 0.1) is 0 Å². The van der Waals surface area contributed by atoms with E-state index in [1.807, 2.05) is 0 Å². The van der Waals surface area contributed by atoms with Crippen LogP contribution >= 0.6 is 0 Å². The van der Waals surface area contributed by atoms with Gasteiger partial charge < -0.3 is 0 Å². The summed E-state index contributed by atoms with van der Waals surface area (Å²) in [5.41, 5.74) is 1.72. The molecule has 0 aromatic carbocycles. The van der Waals surface area contributed by atoms with E-state index in [9.17, 15) is 10.1 Å². The van der Waals surface area contributed by atoms with Crippen molar-refractivity contribution < 1.29 is 5.03 Å². The van der Waals surface area contributed by atoms with Gasteiger partial charge in [-0.3, -0.25) is 0 Å². The first kappa shape index (κ1) is 5.41. The van der Waals surface area contributed by atoms with Gasteiger partial charge in [0.2, 0.25) is 0 Å². The van der Waals surface area contributed by atoms with E-state index in [0.29, 0.717) is 0 Å². The molecule has 1 aromatic heterocycles. The van der Waals surface area contributed by atoms with E-state index in [1.165, 1.54) is 0 Å². The Labute approximate surface area is 48.4 Å². The van der Waals surface area contributed by atoms with Crippen molar-refractivity contribution in [3.05, 3.63) is 10.1 Å². The van der Waals surface area contributed by atoms with Crippen molar-refractivity contribution in [2.24, 2.45) is 0 Å². The summed E-state index contributed by atoms with van der Waals surface area (Å²) in [5.74, 6) is -0.0833. The average molecular weight is 130 g/mol. The largest absolute Gasteiger partial charge is 0.301 e. The molecule has 8 nitrogen and oxygen atoms in total. The first-order chi connectivity index (χ1) is 4.29. The first-order valence-corrected chi connectivity index (χ1v) is 1.94. The van der Waals surface area contributed by atoms with Crippen molar-refractivity contribution in [2.75, 3.05) is 5.43 Å². The fourth-order valence-corrected chi connectivity index (χ4v) is 0.293. The molecule has 0 amide bonds. The van der Waals surface area contributed by atoms with Crippen molar-refractivity contribution in [1.82, 2.24) is 20.6 Å². The molecule has 1 rings (SSSR count). The summed E-state index contributed by atoms with van der Waals surface area (Å²) in [6.07, 6.45) is 0. The summed E-state index contributed by atoms with van der Waals surface area (Å²) in [6, 6.07) is 0. The van der Waals surface area contributed by atoms with Gasteiger partial charge in [-0.25, -0.2) is 15.2 Å². The fourth-order valence-electron chi connectivity index (χ4n) is 0.293. The Bertz CT molecular complexity index is 191.